The van der Waals surface area contributed by atoms with Crippen LogP contribution in [0.25, 0.3) is 54.5 Å². The van der Waals surface area contributed by atoms with Crippen LogP contribution in [0.3, 0.4) is 0 Å². The molecule has 1 fully saturated rings. The molecule has 0 spiro atoms. The van der Waals surface area contributed by atoms with E-state index in [2.05, 4.69) is 15.2 Å². The summed E-state index contributed by atoms with van der Waals surface area (Å²) in [6.45, 7) is -0.883. The maximum absolute atomic E-state index is 14.4. The number of imide groups is 1. The normalized spacial score (nSPS) is 22.9. The molecule has 8 N–H and O–H groups in total. The molecule has 15 heteroatoms. The summed E-state index contributed by atoms with van der Waals surface area (Å²) in [4.78, 5) is 37.9. The van der Waals surface area contributed by atoms with Gasteiger partial charge in [-0.3, -0.25) is 19.5 Å². The van der Waals surface area contributed by atoms with Crippen molar-refractivity contribution in [2.45, 2.75) is 37.3 Å². The molecular formula is C34H27N5O10. The molecule has 0 aliphatic carbocycles. The van der Waals surface area contributed by atoms with Crippen LogP contribution < -0.4 is 0 Å². The molecule has 2 aliphatic heterocycles. The Bertz CT molecular complexity index is 2530. The molecule has 5 heterocycles. The van der Waals surface area contributed by atoms with Gasteiger partial charge in [0, 0.05) is 39.1 Å². The minimum atomic E-state index is -1.74. The summed E-state index contributed by atoms with van der Waals surface area (Å²) in [5.74, 6) is -1.75. The van der Waals surface area contributed by atoms with Gasteiger partial charge in [0.2, 0.25) is 0 Å². The SMILES string of the molecule is O=C1c2c(c3c4ccc(O)cc4n(C4OC(CO)C(O)C(O)C4O)c3c3[nH]c4cc(O)ccc4c23)C(=O)N1OCc1[nH]nc2ccccc12. The molecule has 0 bridgehead atoms. The number of hydrogen-bond donors (Lipinski definition) is 8. The van der Waals surface area contributed by atoms with E-state index in [0.29, 0.717) is 43.5 Å². The number of phenols is 2. The average molecular weight is 666 g/mol. The summed E-state index contributed by atoms with van der Waals surface area (Å²) in [6.07, 6.45) is -7.85. The number of carbonyl (C=O) groups excluding carboxylic acids is 2. The number of amides is 2. The number of aliphatic hydroxyl groups excluding tert-OH is 4. The molecule has 49 heavy (non-hydrogen) atoms. The molecule has 7 aromatic rings. The number of para-hydroxylation sites is 1. The van der Waals surface area contributed by atoms with Gasteiger partial charge in [-0.15, -0.1) is 5.06 Å². The number of aliphatic hydroxyl groups is 4. The predicted molar refractivity (Wildman–Crippen MR) is 173 cm³/mol. The first-order chi connectivity index (χ1) is 23.7. The zero-order valence-corrected chi connectivity index (χ0v) is 25.2. The summed E-state index contributed by atoms with van der Waals surface area (Å²) in [7, 11) is 0. The molecule has 4 aromatic carbocycles. The number of nitrogens with zero attached hydrogens (tertiary/aromatic N) is 3. The van der Waals surface area contributed by atoms with Gasteiger partial charge in [0.05, 0.1) is 51.0 Å². The third kappa shape index (κ3) is 4.02. The Hall–Kier alpha value is -5.55. The Morgan fingerprint density at radius 1 is 0.837 bits per heavy atom. The number of phenolic OH excluding ortho intramolecular Hbond substituents is 2. The molecule has 15 nitrogen and oxygen atoms in total. The van der Waals surface area contributed by atoms with Gasteiger partial charge in [-0.05, 0) is 30.3 Å². The predicted octanol–water partition coefficient (Wildman–Crippen LogP) is 2.42. The van der Waals surface area contributed by atoms with E-state index in [1.54, 1.807) is 12.1 Å². The maximum atomic E-state index is 14.4. The molecular weight excluding hydrogens is 638 g/mol. The monoisotopic (exact) mass is 665 g/mol. The zero-order chi connectivity index (χ0) is 33.9. The van der Waals surface area contributed by atoms with Crippen LogP contribution >= 0.6 is 0 Å². The third-order valence-electron chi connectivity index (χ3n) is 9.55. The smallest absolute Gasteiger partial charge is 0.286 e. The third-order valence-corrected chi connectivity index (χ3v) is 9.55. The lowest BCUT2D eigenvalue weighted by Crippen LogP contribution is -2.56. The van der Waals surface area contributed by atoms with Crippen molar-refractivity contribution in [2.24, 2.45) is 0 Å². The van der Waals surface area contributed by atoms with E-state index in [9.17, 15) is 40.2 Å². The molecule has 2 aliphatic rings. The number of fused-ring (bicyclic) bond motifs is 11. The summed E-state index contributed by atoms with van der Waals surface area (Å²) in [5, 5.41) is 73.6. The van der Waals surface area contributed by atoms with Crippen LogP contribution in [0.4, 0.5) is 0 Å². The Balaban J connectivity index is 1.33. The molecule has 2 amide bonds. The first-order valence-electron chi connectivity index (χ1n) is 15.4. The average Bonchev–Trinajstić information content (AvgIpc) is 3.83. The Morgan fingerprint density at radius 3 is 2.33 bits per heavy atom. The maximum Gasteiger partial charge on any atom is 0.286 e. The highest BCUT2D eigenvalue weighted by atomic mass is 16.7. The van der Waals surface area contributed by atoms with Crippen LogP contribution in [0.2, 0.25) is 0 Å². The van der Waals surface area contributed by atoms with Crippen molar-refractivity contribution < 1.29 is 49.8 Å². The number of H-pyrrole nitrogens is 2. The van der Waals surface area contributed by atoms with Crippen molar-refractivity contribution in [3.8, 4) is 11.5 Å². The number of rotatable bonds is 5. The first kappa shape index (κ1) is 29.6. The molecule has 1 saturated heterocycles. The lowest BCUT2D eigenvalue weighted by atomic mass is 9.96. The van der Waals surface area contributed by atoms with Gasteiger partial charge >= 0.3 is 0 Å². The molecule has 3 aromatic heterocycles. The summed E-state index contributed by atoms with van der Waals surface area (Å²) >= 11 is 0. The van der Waals surface area contributed by atoms with Crippen LogP contribution in [0.15, 0.2) is 60.7 Å². The van der Waals surface area contributed by atoms with E-state index in [4.69, 9.17) is 9.57 Å². The first-order valence-corrected chi connectivity index (χ1v) is 15.4. The van der Waals surface area contributed by atoms with Crippen molar-refractivity contribution in [3.05, 3.63) is 77.5 Å². The van der Waals surface area contributed by atoms with E-state index in [1.807, 2.05) is 24.3 Å². The van der Waals surface area contributed by atoms with Crippen molar-refractivity contribution >= 4 is 66.3 Å². The minimum Gasteiger partial charge on any atom is -0.508 e. The van der Waals surface area contributed by atoms with Crippen LogP contribution in [0.5, 0.6) is 11.5 Å². The van der Waals surface area contributed by atoms with Gasteiger partial charge in [-0.25, -0.2) is 0 Å². The van der Waals surface area contributed by atoms with Gasteiger partial charge in [-0.2, -0.15) is 5.10 Å². The molecule has 248 valence electrons. The van der Waals surface area contributed by atoms with Gasteiger partial charge < -0.3 is 44.9 Å². The van der Waals surface area contributed by atoms with Gasteiger partial charge in [0.15, 0.2) is 6.23 Å². The number of benzene rings is 4. The number of hydrogen-bond acceptors (Lipinski definition) is 11. The van der Waals surface area contributed by atoms with Crippen molar-refractivity contribution in [1.82, 2.24) is 24.8 Å². The fraction of sp³-hybridized carbons (Fsp3) is 0.206. The van der Waals surface area contributed by atoms with E-state index in [1.165, 1.54) is 28.8 Å². The van der Waals surface area contributed by atoms with E-state index in [0.717, 1.165) is 5.39 Å². The molecule has 0 radical (unpaired) electrons. The van der Waals surface area contributed by atoms with Crippen LogP contribution in [-0.4, -0.2) is 98.3 Å². The second kappa shape index (κ2) is 10.5. The Morgan fingerprint density at radius 2 is 1.55 bits per heavy atom. The molecule has 5 atom stereocenters. The van der Waals surface area contributed by atoms with Crippen LogP contribution in [-0.2, 0) is 16.2 Å². The van der Waals surface area contributed by atoms with Gasteiger partial charge in [-0.1, -0.05) is 18.2 Å². The Labute approximate surface area is 273 Å². The number of aromatic hydroxyl groups is 2. The summed E-state index contributed by atoms with van der Waals surface area (Å²) in [5.41, 5.74) is 2.45. The van der Waals surface area contributed by atoms with Crippen molar-refractivity contribution in [3.63, 3.8) is 0 Å². The highest BCUT2D eigenvalue weighted by molar-refractivity contribution is 6.39. The quantitative estimate of drug-likeness (QED) is 0.125. The van der Waals surface area contributed by atoms with E-state index >= 15 is 0 Å². The minimum absolute atomic E-state index is 0.0185. The topological polar surface area (TPSA) is 227 Å². The zero-order valence-electron chi connectivity index (χ0n) is 25.2. The summed E-state index contributed by atoms with van der Waals surface area (Å²) in [6, 6.07) is 16.1. The standard InChI is InChI=1S/C34H27N5O10/c40-11-22-29(43)30(44)31(45)34(49-22)38-21-10-14(42)6-8-17(21)24-26-25(23-16-7-5-13(41)9-19(16)35-27(23)28(24)38)32(46)39(33(26)47)48-12-20-15-3-1-2-4-18(15)36-37-20/h1-10,22,29-31,34-35,40-45H,11-12H2,(H,36,37). The largest absolute Gasteiger partial charge is 0.508 e. The number of ether oxygens (including phenoxy) is 1. The number of carbonyl (C=O) groups is 2. The van der Waals surface area contributed by atoms with E-state index in [-0.39, 0.29) is 45.7 Å². The van der Waals surface area contributed by atoms with Crippen LogP contribution in [0.1, 0.15) is 32.6 Å². The Kier molecular flexibility index (Phi) is 6.32. The fourth-order valence-electron chi connectivity index (χ4n) is 7.32. The number of aromatic nitrogens is 4. The molecule has 5 unspecified atom stereocenters. The molecule has 9 rings (SSSR count). The number of hydroxylamine groups is 2. The highest BCUT2D eigenvalue weighted by Gasteiger charge is 2.47. The van der Waals surface area contributed by atoms with Crippen molar-refractivity contribution in [2.75, 3.05) is 6.61 Å². The van der Waals surface area contributed by atoms with Gasteiger partial charge in [0.25, 0.3) is 11.8 Å². The summed E-state index contributed by atoms with van der Waals surface area (Å²) < 4.78 is 7.46. The fourth-order valence-corrected chi connectivity index (χ4v) is 7.32. The second-order valence-corrected chi connectivity index (χ2v) is 12.3. The van der Waals surface area contributed by atoms with Gasteiger partial charge in [0.1, 0.15) is 42.5 Å². The molecule has 0 saturated carbocycles. The van der Waals surface area contributed by atoms with E-state index < -0.39 is 49.1 Å². The second-order valence-electron chi connectivity index (χ2n) is 12.3. The lowest BCUT2D eigenvalue weighted by Gasteiger charge is -2.41. The number of nitrogens with one attached hydrogen (secondary N) is 2. The lowest BCUT2D eigenvalue weighted by molar-refractivity contribution is -0.249. The highest BCUT2D eigenvalue weighted by Crippen LogP contribution is 2.48. The van der Waals surface area contributed by atoms with Crippen LogP contribution in [0, 0.1) is 0 Å². The number of aromatic amines is 2. The van der Waals surface area contributed by atoms with Crippen molar-refractivity contribution in [1.29, 1.82) is 0 Å².